The molecule has 0 bridgehead atoms. The number of fused-ring (bicyclic) bond motifs is 2. The number of nitro groups is 2. The minimum Gasteiger partial charge on any atom is -0.384 e. The van der Waals surface area contributed by atoms with Gasteiger partial charge < -0.3 is 20.1 Å². The van der Waals surface area contributed by atoms with Gasteiger partial charge in [0.05, 0.1) is 54.4 Å². The molecule has 0 aliphatic carbocycles. The van der Waals surface area contributed by atoms with Crippen molar-refractivity contribution in [1.82, 2.24) is 19.9 Å². The van der Waals surface area contributed by atoms with Gasteiger partial charge in [-0.2, -0.15) is 17.0 Å². The number of hydrogen-bond donors (Lipinski definition) is 3. The fourth-order valence-electron chi connectivity index (χ4n) is 4.48. The van der Waals surface area contributed by atoms with Gasteiger partial charge in [0.15, 0.2) is 0 Å². The summed E-state index contributed by atoms with van der Waals surface area (Å²) in [6.07, 6.45) is 2.53. The molecule has 0 saturated carbocycles. The van der Waals surface area contributed by atoms with E-state index < -0.39 is 33.0 Å². The van der Waals surface area contributed by atoms with Crippen molar-refractivity contribution in [3.05, 3.63) is 121 Å². The van der Waals surface area contributed by atoms with Crippen LogP contribution in [0.5, 0.6) is 0 Å². The average Bonchev–Trinajstić information content (AvgIpc) is 3.15. The summed E-state index contributed by atoms with van der Waals surface area (Å²) in [5, 5.41) is 28.8. The summed E-state index contributed by atoms with van der Waals surface area (Å²) in [6, 6.07) is 13.1. The van der Waals surface area contributed by atoms with Gasteiger partial charge in [-0.1, -0.05) is 23.2 Å². The van der Waals surface area contributed by atoms with E-state index in [1.165, 1.54) is 60.8 Å². The Hall–Kier alpha value is -5.05. The molecule has 0 spiro atoms. The van der Waals surface area contributed by atoms with Crippen molar-refractivity contribution in [3.8, 4) is 0 Å². The minimum absolute atomic E-state index is 0.0406. The zero-order valence-corrected chi connectivity index (χ0v) is 31.9. The monoisotopic (exact) mass is 836 g/mol. The third kappa shape index (κ3) is 11.7. The fourth-order valence-corrected chi connectivity index (χ4v) is 5.97. The van der Waals surface area contributed by atoms with E-state index in [1.54, 1.807) is 20.3 Å². The Kier molecular flexibility index (Phi) is 16.0. The van der Waals surface area contributed by atoms with Crippen LogP contribution in [-0.4, -0.2) is 68.7 Å². The number of halogens is 5. The lowest BCUT2D eigenvalue weighted by atomic mass is 10.2. The number of nitro benzene ring substituents is 2. The quantitative estimate of drug-likeness (QED) is 0.0349. The molecule has 0 atom stereocenters. The van der Waals surface area contributed by atoms with Crippen molar-refractivity contribution in [2.45, 2.75) is 4.90 Å². The highest BCUT2D eigenvalue weighted by atomic mass is 35.5. The topological polar surface area (TPSA) is 180 Å². The third-order valence-corrected chi connectivity index (χ3v) is 8.79. The van der Waals surface area contributed by atoms with Crippen LogP contribution in [0.1, 0.15) is 0 Å². The summed E-state index contributed by atoms with van der Waals surface area (Å²) in [6.45, 7) is 1.23. The highest BCUT2D eigenvalue weighted by molar-refractivity contribution is 7.99. The molecule has 0 aliphatic rings. The van der Waals surface area contributed by atoms with Gasteiger partial charge in [-0.15, -0.1) is 11.8 Å². The third-order valence-electron chi connectivity index (χ3n) is 7.02. The summed E-state index contributed by atoms with van der Waals surface area (Å²) >= 11 is 16.7. The Labute approximate surface area is 330 Å². The largest absolute Gasteiger partial charge is 0.384 e. The van der Waals surface area contributed by atoms with Crippen LogP contribution in [0.2, 0.25) is 10.0 Å². The van der Waals surface area contributed by atoms with Crippen LogP contribution < -0.4 is 10.6 Å². The molecule has 4 aromatic carbocycles. The first-order valence-corrected chi connectivity index (χ1v) is 17.9. The SMILES string of the molecule is COCCS.COCCSc1cc2ncnc(Nc3ccc(F)c(Cl)c3)c2cc1[N+](=O)[O-].O=[N+]([O-])c1cc2c(Nc3ccc(F)c(Cl)c3)ncnc2cc1F. The van der Waals surface area contributed by atoms with Crippen LogP contribution in [0.4, 0.5) is 47.6 Å². The van der Waals surface area contributed by atoms with E-state index in [1.807, 2.05) is 0 Å². The van der Waals surface area contributed by atoms with Crippen LogP contribution in [-0.2, 0) is 9.47 Å². The lowest BCUT2D eigenvalue weighted by Crippen LogP contribution is -1.99. The smallest absolute Gasteiger partial charge is 0.305 e. The molecule has 55 heavy (non-hydrogen) atoms. The highest BCUT2D eigenvalue weighted by Gasteiger charge is 2.20. The molecule has 2 heterocycles. The maximum atomic E-state index is 13.6. The molecule has 14 nitrogen and oxygen atoms in total. The second-order valence-electron chi connectivity index (χ2n) is 10.7. The highest BCUT2D eigenvalue weighted by Crippen LogP contribution is 2.36. The van der Waals surface area contributed by atoms with E-state index in [0.717, 1.165) is 30.6 Å². The average molecular weight is 838 g/mol. The first kappa shape index (κ1) is 42.7. The van der Waals surface area contributed by atoms with Crippen LogP contribution in [0, 0.1) is 37.7 Å². The Bertz CT molecular complexity index is 2320. The van der Waals surface area contributed by atoms with Gasteiger partial charge in [-0.05, 0) is 42.5 Å². The van der Waals surface area contributed by atoms with Gasteiger partial charge >= 0.3 is 5.69 Å². The van der Waals surface area contributed by atoms with Crippen molar-refractivity contribution in [1.29, 1.82) is 0 Å². The zero-order chi connectivity index (χ0) is 40.1. The molecule has 2 aromatic heterocycles. The Morgan fingerprint density at radius 2 is 1.20 bits per heavy atom. The van der Waals surface area contributed by atoms with E-state index in [2.05, 4.69) is 47.9 Å². The van der Waals surface area contributed by atoms with E-state index >= 15 is 0 Å². The number of benzene rings is 4. The molecular weight excluding hydrogens is 808 g/mol. The second-order valence-corrected chi connectivity index (χ2v) is 13.1. The molecule has 0 saturated heterocycles. The maximum absolute atomic E-state index is 13.6. The molecule has 0 unspecified atom stereocenters. The second kappa shape index (κ2) is 20.6. The minimum atomic E-state index is -0.989. The number of anilines is 4. The summed E-state index contributed by atoms with van der Waals surface area (Å²) in [7, 11) is 3.23. The predicted molar refractivity (Wildman–Crippen MR) is 210 cm³/mol. The number of thioether (sulfide) groups is 1. The summed E-state index contributed by atoms with van der Waals surface area (Å²) < 4.78 is 49.8. The van der Waals surface area contributed by atoms with Gasteiger partial charge in [0.2, 0.25) is 5.82 Å². The lowest BCUT2D eigenvalue weighted by molar-refractivity contribution is -0.387. The Morgan fingerprint density at radius 1 is 0.709 bits per heavy atom. The van der Waals surface area contributed by atoms with Gasteiger partial charge in [0.1, 0.15) is 35.9 Å². The molecule has 21 heteroatoms. The van der Waals surface area contributed by atoms with Gasteiger partial charge in [0.25, 0.3) is 5.69 Å². The van der Waals surface area contributed by atoms with Crippen LogP contribution in [0.3, 0.4) is 0 Å². The first-order chi connectivity index (χ1) is 26.4. The number of ether oxygens (including phenoxy) is 2. The van der Waals surface area contributed by atoms with E-state index in [9.17, 15) is 33.4 Å². The zero-order valence-electron chi connectivity index (χ0n) is 28.6. The molecule has 288 valence electrons. The standard InChI is InChI=1S/C17H14ClFN4O3S.C14H7ClF2N4O2.C3H8OS/c1-26-4-5-27-16-8-14-11(7-15(16)23(24)25)17(21-9-20-14)22-10-2-3-13(19)12(18)6-10;15-9-3-7(1-2-10(9)16)20-14-8-4-13(21(22)23)11(17)5-12(8)18-6-19-14;1-4-2-3-5/h2-3,6-9H,4-5H2,1H3,(H,20,21,22);1-6H,(H,18,19,20);5H,2-3H2,1H3. The van der Waals surface area contributed by atoms with Crippen molar-refractivity contribution in [2.75, 3.05) is 49.6 Å². The van der Waals surface area contributed by atoms with Gasteiger partial charge in [-0.3, -0.25) is 20.2 Å². The summed E-state index contributed by atoms with van der Waals surface area (Å²) in [4.78, 5) is 37.8. The number of nitrogens with zero attached hydrogens (tertiary/aromatic N) is 6. The Morgan fingerprint density at radius 3 is 1.64 bits per heavy atom. The van der Waals surface area contributed by atoms with Crippen LogP contribution in [0.15, 0.2) is 78.2 Å². The maximum Gasteiger partial charge on any atom is 0.305 e. The van der Waals surface area contributed by atoms with E-state index in [4.69, 9.17) is 27.9 Å². The van der Waals surface area contributed by atoms with Crippen molar-refractivity contribution in [3.63, 3.8) is 0 Å². The van der Waals surface area contributed by atoms with E-state index in [0.29, 0.717) is 45.4 Å². The fraction of sp³-hybridized carbons (Fsp3) is 0.176. The number of hydrogen-bond acceptors (Lipinski definition) is 14. The molecule has 0 radical (unpaired) electrons. The number of aromatic nitrogens is 4. The lowest BCUT2D eigenvalue weighted by Gasteiger charge is -2.10. The predicted octanol–water partition coefficient (Wildman–Crippen LogP) is 9.59. The molecule has 0 aliphatic heterocycles. The molecule has 0 fully saturated rings. The number of thiol groups is 1. The molecule has 0 amide bonds. The molecule has 6 aromatic rings. The van der Waals surface area contributed by atoms with Crippen LogP contribution in [0.25, 0.3) is 21.8 Å². The van der Waals surface area contributed by atoms with Crippen molar-refractivity contribution < 1.29 is 32.5 Å². The van der Waals surface area contributed by atoms with Gasteiger partial charge in [0, 0.05) is 60.7 Å². The first-order valence-electron chi connectivity index (χ1n) is 15.5. The number of methoxy groups -OCH3 is 2. The summed E-state index contributed by atoms with van der Waals surface area (Å²) in [5.74, 6) is -0.147. The molecular formula is C34H29Cl2F3N8O6S2. The molecule has 2 N–H and O–H groups in total. The Balaban J connectivity index is 0.000000220. The summed E-state index contributed by atoms with van der Waals surface area (Å²) in [5.41, 5.74) is 0.932. The normalized spacial score (nSPS) is 10.6. The van der Waals surface area contributed by atoms with Crippen molar-refractivity contribution in [2.24, 2.45) is 0 Å². The molecule has 6 rings (SSSR count). The number of rotatable bonds is 12. The van der Waals surface area contributed by atoms with Gasteiger partial charge in [-0.25, -0.2) is 28.7 Å². The van der Waals surface area contributed by atoms with Crippen molar-refractivity contribution >= 4 is 104 Å². The van der Waals surface area contributed by atoms with Crippen LogP contribution >= 0.6 is 47.6 Å². The van der Waals surface area contributed by atoms with E-state index in [-0.39, 0.29) is 32.5 Å². The number of nitrogens with one attached hydrogen (secondary N) is 2.